The fraction of sp³-hybridized carbons (Fsp3) is 0.361. The molecule has 2 atom stereocenters. The second-order valence-electron chi connectivity index (χ2n) is 12.3. The lowest BCUT2D eigenvalue weighted by Gasteiger charge is -2.25. The quantitative estimate of drug-likeness (QED) is 0.262. The molecule has 2 aliphatic rings. The maximum absolute atomic E-state index is 13.2. The summed E-state index contributed by atoms with van der Waals surface area (Å²) in [6, 6.07) is 13.4. The van der Waals surface area contributed by atoms with Gasteiger partial charge < -0.3 is 19.4 Å². The third kappa shape index (κ3) is 5.92. The van der Waals surface area contributed by atoms with E-state index in [-0.39, 0.29) is 23.5 Å². The molecule has 0 unspecified atom stereocenters. The number of pyridine rings is 1. The smallest absolute Gasteiger partial charge is 0.330 e. The van der Waals surface area contributed by atoms with Gasteiger partial charge >= 0.3 is 11.7 Å². The molecule has 1 aliphatic carbocycles. The summed E-state index contributed by atoms with van der Waals surface area (Å²) < 4.78 is 13.2. The van der Waals surface area contributed by atoms with Crippen LogP contribution in [0.1, 0.15) is 52.9 Å². The molecule has 6 rings (SSSR count). The third-order valence-corrected chi connectivity index (χ3v) is 9.85. The van der Waals surface area contributed by atoms with Crippen molar-refractivity contribution in [3.8, 4) is 28.3 Å². The zero-order chi connectivity index (χ0) is 34.3. The first-order chi connectivity index (χ1) is 23.0. The van der Waals surface area contributed by atoms with E-state index in [0.717, 1.165) is 63.8 Å². The molecular weight excluding hydrogens is 634 g/mol. The van der Waals surface area contributed by atoms with E-state index >= 15 is 0 Å². The highest BCUT2D eigenvalue weighted by molar-refractivity contribution is 6.36. The molecule has 1 amide bonds. The van der Waals surface area contributed by atoms with Crippen LogP contribution in [0.2, 0.25) is 5.02 Å². The van der Waals surface area contributed by atoms with Crippen molar-refractivity contribution in [1.29, 1.82) is 0 Å². The average Bonchev–Trinajstić information content (AvgIpc) is 3.74. The van der Waals surface area contributed by atoms with Gasteiger partial charge in [0.25, 0.3) is 11.5 Å². The summed E-state index contributed by atoms with van der Waals surface area (Å²) in [5, 5.41) is 3.33. The van der Waals surface area contributed by atoms with Gasteiger partial charge in [-0.1, -0.05) is 41.9 Å². The Balaban J connectivity index is 1.30. The van der Waals surface area contributed by atoms with Crippen molar-refractivity contribution in [2.24, 2.45) is 20.0 Å². The third-order valence-electron chi connectivity index (χ3n) is 9.44. The number of nitrogens with one attached hydrogen (secondary N) is 1. The van der Waals surface area contributed by atoms with Crippen molar-refractivity contribution in [2.45, 2.75) is 39.2 Å². The van der Waals surface area contributed by atoms with Gasteiger partial charge in [0.15, 0.2) is 0 Å². The van der Waals surface area contributed by atoms with Gasteiger partial charge in [-0.2, -0.15) is 0 Å². The Bertz CT molecular complexity index is 2050. The van der Waals surface area contributed by atoms with E-state index < -0.39 is 17.2 Å². The van der Waals surface area contributed by atoms with Gasteiger partial charge in [-0.15, -0.1) is 0 Å². The van der Waals surface area contributed by atoms with E-state index in [9.17, 15) is 19.2 Å². The number of aromatic nitrogens is 3. The lowest BCUT2D eigenvalue weighted by atomic mass is 9.96. The number of halogens is 1. The number of hydrogen-bond donors (Lipinski definition) is 1. The van der Waals surface area contributed by atoms with Gasteiger partial charge in [0.1, 0.15) is 5.56 Å². The number of rotatable bonds is 8. The molecule has 250 valence electrons. The SMILES string of the molecule is CCOC(=O)[C@@H]1CCN([C@H]2CCc3cc(-c4cccc(-c5cccc(NC(=O)c6cn(C)c(=O)n(C)c6=O)c5C)c4Cl)nc(OC)c32)C1. The van der Waals surface area contributed by atoms with Gasteiger partial charge in [0, 0.05) is 55.3 Å². The molecule has 48 heavy (non-hydrogen) atoms. The maximum Gasteiger partial charge on any atom is 0.330 e. The van der Waals surface area contributed by atoms with Crippen molar-refractivity contribution in [1.82, 2.24) is 19.0 Å². The predicted molar refractivity (Wildman–Crippen MR) is 184 cm³/mol. The standard InChI is InChI=1S/C36H38ClN5O6/c1-6-48-35(45)22-15-16-42(18-22)29-14-13-21-17-28(39-33(47-5)30(21)29)25-11-7-10-24(31(25)37)23-9-8-12-27(20(23)2)38-32(43)26-19-40(3)36(46)41(4)34(26)44/h7-12,17,19,22,29H,6,13-16,18H2,1-5H3,(H,38,43)/t22-,29+/m1/s1. The van der Waals surface area contributed by atoms with Crippen LogP contribution in [-0.4, -0.2) is 57.7 Å². The Morgan fingerprint density at radius 2 is 1.79 bits per heavy atom. The molecule has 0 saturated carbocycles. The monoisotopic (exact) mass is 671 g/mol. The summed E-state index contributed by atoms with van der Waals surface area (Å²) in [6.07, 6.45) is 3.77. The highest BCUT2D eigenvalue weighted by Gasteiger charge is 2.38. The van der Waals surface area contributed by atoms with Crippen LogP contribution in [0.25, 0.3) is 22.4 Å². The fourth-order valence-corrected chi connectivity index (χ4v) is 7.24. The van der Waals surface area contributed by atoms with Crippen molar-refractivity contribution >= 4 is 29.2 Å². The minimum atomic E-state index is -0.676. The molecule has 1 saturated heterocycles. The largest absolute Gasteiger partial charge is 0.481 e. The van der Waals surface area contributed by atoms with E-state index in [1.54, 1.807) is 13.2 Å². The maximum atomic E-state index is 13.2. The number of methoxy groups -OCH3 is 1. The van der Waals surface area contributed by atoms with Crippen LogP contribution in [0.4, 0.5) is 5.69 Å². The molecule has 1 aliphatic heterocycles. The summed E-state index contributed by atoms with van der Waals surface area (Å²) in [5.74, 6) is -0.322. The van der Waals surface area contributed by atoms with E-state index in [4.69, 9.17) is 26.1 Å². The number of anilines is 1. The number of carbonyl (C=O) groups excluding carboxylic acids is 2. The summed E-state index contributed by atoms with van der Waals surface area (Å²) in [4.78, 5) is 57.6. The Morgan fingerprint density at radius 1 is 1.06 bits per heavy atom. The zero-order valence-corrected chi connectivity index (χ0v) is 28.4. The number of ether oxygens (including phenoxy) is 2. The highest BCUT2D eigenvalue weighted by atomic mass is 35.5. The first-order valence-electron chi connectivity index (χ1n) is 16.0. The lowest BCUT2D eigenvalue weighted by Crippen LogP contribution is -2.40. The minimum Gasteiger partial charge on any atom is -0.481 e. The number of amides is 1. The first-order valence-corrected chi connectivity index (χ1v) is 16.4. The minimum absolute atomic E-state index is 0.110. The van der Waals surface area contributed by atoms with E-state index in [2.05, 4.69) is 16.3 Å². The van der Waals surface area contributed by atoms with Crippen LogP contribution in [0.3, 0.4) is 0 Å². The van der Waals surface area contributed by atoms with Crippen LogP contribution >= 0.6 is 11.6 Å². The molecule has 4 aromatic rings. The molecule has 0 bridgehead atoms. The van der Waals surface area contributed by atoms with E-state index in [1.165, 1.54) is 24.9 Å². The number of nitrogens with zero attached hydrogens (tertiary/aromatic N) is 4. The number of likely N-dealkylation sites (tertiary alicyclic amines) is 1. The number of fused-ring (bicyclic) bond motifs is 1. The summed E-state index contributed by atoms with van der Waals surface area (Å²) >= 11 is 7.13. The average molecular weight is 672 g/mol. The van der Waals surface area contributed by atoms with Crippen molar-refractivity contribution < 1.29 is 19.1 Å². The normalized spacial score (nSPS) is 17.3. The Kier molecular flexibility index (Phi) is 9.26. The topological polar surface area (TPSA) is 125 Å². The number of hydrogen-bond acceptors (Lipinski definition) is 8. The number of benzene rings is 2. The molecule has 1 fully saturated rings. The Morgan fingerprint density at radius 3 is 2.54 bits per heavy atom. The van der Waals surface area contributed by atoms with Crippen LogP contribution in [0.5, 0.6) is 5.88 Å². The summed E-state index contributed by atoms with van der Waals surface area (Å²) in [6.45, 7) is 5.55. The van der Waals surface area contributed by atoms with E-state index in [1.807, 2.05) is 44.2 Å². The molecule has 3 heterocycles. The molecule has 0 spiro atoms. The summed E-state index contributed by atoms with van der Waals surface area (Å²) in [7, 11) is 4.45. The van der Waals surface area contributed by atoms with Gasteiger partial charge in [-0.3, -0.25) is 23.9 Å². The number of esters is 1. The predicted octanol–water partition coefficient (Wildman–Crippen LogP) is 4.91. The van der Waals surface area contributed by atoms with Crippen LogP contribution in [-0.2, 0) is 30.0 Å². The van der Waals surface area contributed by atoms with Gasteiger partial charge in [-0.05, 0) is 68.5 Å². The van der Waals surface area contributed by atoms with Crippen LogP contribution < -0.4 is 21.3 Å². The van der Waals surface area contributed by atoms with Crippen molar-refractivity contribution in [3.63, 3.8) is 0 Å². The van der Waals surface area contributed by atoms with E-state index in [0.29, 0.717) is 35.4 Å². The number of carbonyl (C=O) groups is 2. The van der Waals surface area contributed by atoms with Gasteiger partial charge in [-0.25, -0.2) is 9.78 Å². The lowest BCUT2D eigenvalue weighted by molar-refractivity contribution is -0.147. The Labute approximate surface area is 283 Å². The fourth-order valence-electron chi connectivity index (χ4n) is 6.92. The molecule has 0 radical (unpaired) electrons. The van der Waals surface area contributed by atoms with Crippen molar-refractivity contribution in [3.05, 3.63) is 96.8 Å². The van der Waals surface area contributed by atoms with Gasteiger partial charge in [0.2, 0.25) is 5.88 Å². The number of aryl methyl sites for hydroxylation is 2. The van der Waals surface area contributed by atoms with Gasteiger partial charge in [0.05, 0.1) is 30.4 Å². The summed E-state index contributed by atoms with van der Waals surface area (Å²) in [5.41, 5.74) is 5.10. The molecule has 11 nitrogen and oxygen atoms in total. The van der Waals surface area contributed by atoms with Crippen molar-refractivity contribution in [2.75, 3.05) is 32.1 Å². The first kappa shape index (κ1) is 33.2. The highest BCUT2D eigenvalue weighted by Crippen LogP contribution is 2.46. The van der Waals surface area contributed by atoms with Crippen LogP contribution in [0, 0.1) is 12.8 Å². The molecular formula is C36H38ClN5O6. The Hall–Kier alpha value is -4.74. The second-order valence-corrected chi connectivity index (χ2v) is 12.7. The molecule has 2 aromatic carbocycles. The molecule has 12 heteroatoms. The zero-order valence-electron chi connectivity index (χ0n) is 27.6. The van der Waals surface area contributed by atoms with Crippen LogP contribution in [0.15, 0.2) is 58.3 Å². The second kappa shape index (κ2) is 13.4. The molecule has 2 aromatic heterocycles. The molecule has 1 N–H and O–H groups in total.